The van der Waals surface area contributed by atoms with Crippen molar-refractivity contribution in [1.82, 2.24) is 4.98 Å². The highest BCUT2D eigenvalue weighted by Gasteiger charge is 2.14. The first kappa shape index (κ1) is 14.0. The van der Waals surface area contributed by atoms with Gasteiger partial charge in [-0.25, -0.2) is 4.39 Å². The molecule has 2 rings (SSSR count). The lowest BCUT2D eigenvalue weighted by Gasteiger charge is -2.16. The molecule has 100 valence electrons. The van der Waals surface area contributed by atoms with E-state index in [0.29, 0.717) is 12.2 Å². The molecular formula is C14H14BrFN2O. The highest BCUT2D eigenvalue weighted by atomic mass is 79.9. The third-order valence-corrected chi connectivity index (χ3v) is 3.63. The minimum absolute atomic E-state index is 0.236. The van der Waals surface area contributed by atoms with Crippen LogP contribution in [0.2, 0.25) is 0 Å². The fourth-order valence-electron chi connectivity index (χ4n) is 1.90. The maximum atomic E-state index is 13.0. The molecule has 0 bridgehead atoms. The molecule has 0 spiro atoms. The second kappa shape index (κ2) is 6.12. The summed E-state index contributed by atoms with van der Waals surface area (Å²) in [6.45, 7) is 0. The van der Waals surface area contributed by atoms with Crippen molar-refractivity contribution in [2.75, 3.05) is 7.11 Å². The van der Waals surface area contributed by atoms with Gasteiger partial charge in [0, 0.05) is 22.3 Å². The van der Waals surface area contributed by atoms with Crippen molar-refractivity contribution in [3.05, 3.63) is 58.1 Å². The molecule has 1 unspecified atom stereocenters. The van der Waals surface area contributed by atoms with Gasteiger partial charge in [0.2, 0.25) is 0 Å². The summed E-state index contributed by atoms with van der Waals surface area (Å²) >= 11 is 3.34. The van der Waals surface area contributed by atoms with E-state index in [1.54, 1.807) is 25.6 Å². The molecule has 0 fully saturated rings. The van der Waals surface area contributed by atoms with Crippen LogP contribution in [0.4, 0.5) is 4.39 Å². The molecular weight excluding hydrogens is 311 g/mol. The smallest absolute Gasteiger partial charge is 0.141 e. The average molecular weight is 325 g/mol. The Morgan fingerprint density at radius 3 is 2.89 bits per heavy atom. The van der Waals surface area contributed by atoms with Crippen molar-refractivity contribution in [3.63, 3.8) is 0 Å². The summed E-state index contributed by atoms with van der Waals surface area (Å²) in [5.41, 5.74) is 8.02. The third-order valence-electron chi connectivity index (χ3n) is 2.89. The van der Waals surface area contributed by atoms with Gasteiger partial charge in [0.1, 0.15) is 11.6 Å². The Labute approximate surface area is 119 Å². The molecule has 0 radical (unpaired) electrons. The summed E-state index contributed by atoms with van der Waals surface area (Å²) in [7, 11) is 1.58. The minimum Gasteiger partial charge on any atom is -0.495 e. The average Bonchev–Trinajstić information content (AvgIpc) is 2.41. The van der Waals surface area contributed by atoms with E-state index in [1.807, 2.05) is 6.07 Å². The van der Waals surface area contributed by atoms with Crippen molar-refractivity contribution in [2.45, 2.75) is 12.5 Å². The molecule has 0 aliphatic rings. The first-order valence-electron chi connectivity index (χ1n) is 5.79. The zero-order valence-corrected chi connectivity index (χ0v) is 12.0. The molecule has 2 aromatic rings. The number of pyridine rings is 1. The molecule has 1 aromatic heterocycles. The van der Waals surface area contributed by atoms with Gasteiger partial charge in [0.05, 0.1) is 13.3 Å². The van der Waals surface area contributed by atoms with Crippen LogP contribution in [0, 0.1) is 5.82 Å². The van der Waals surface area contributed by atoms with Crippen LogP contribution in [0.3, 0.4) is 0 Å². The molecule has 1 aromatic carbocycles. The van der Waals surface area contributed by atoms with E-state index in [1.165, 1.54) is 12.1 Å². The summed E-state index contributed by atoms with van der Waals surface area (Å²) in [6.07, 6.45) is 3.90. The summed E-state index contributed by atoms with van der Waals surface area (Å²) in [6, 6.07) is 6.19. The predicted octanol–water partition coefficient (Wildman–Crippen LogP) is 3.23. The summed E-state index contributed by atoms with van der Waals surface area (Å²) < 4.78 is 19.0. The maximum absolute atomic E-state index is 13.0. The first-order valence-corrected chi connectivity index (χ1v) is 6.58. The van der Waals surface area contributed by atoms with Crippen molar-refractivity contribution in [2.24, 2.45) is 5.73 Å². The van der Waals surface area contributed by atoms with Gasteiger partial charge >= 0.3 is 0 Å². The fraction of sp³-hybridized carbons (Fsp3) is 0.214. The van der Waals surface area contributed by atoms with Gasteiger partial charge in [0.15, 0.2) is 0 Å². The number of hydrogen-bond acceptors (Lipinski definition) is 3. The van der Waals surface area contributed by atoms with Gasteiger partial charge in [-0.1, -0.05) is 22.0 Å². The van der Waals surface area contributed by atoms with Crippen LogP contribution in [-0.2, 0) is 6.42 Å². The number of halogens is 2. The molecule has 0 saturated heterocycles. The number of ether oxygens (including phenoxy) is 1. The lowest BCUT2D eigenvalue weighted by atomic mass is 10.00. The summed E-state index contributed by atoms with van der Waals surface area (Å²) in [5, 5.41) is 0. The van der Waals surface area contributed by atoms with Crippen molar-refractivity contribution >= 4 is 15.9 Å². The first-order chi connectivity index (χ1) is 9.11. The predicted molar refractivity (Wildman–Crippen MR) is 75.5 cm³/mol. The van der Waals surface area contributed by atoms with Gasteiger partial charge in [0.25, 0.3) is 0 Å². The number of nitrogens with zero attached hydrogens (tertiary/aromatic N) is 1. The Morgan fingerprint density at radius 1 is 1.42 bits per heavy atom. The molecule has 19 heavy (non-hydrogen) atoms. The second-order valence-corrected chi connectivity index (χ2v) is 5.02. The molecule has 3 nitrogen and oxygen atoms in total. The molecule has 0 aliphatic carbocycles. The fourth-order valence-corrected chi connectivity index (χ4v) is 2.41. The van der Waals surface area contributed by atoms with E-state index in [0.717, 1.165) is 15.6 Å². The summed E-state index contributed by atoms with van der Waals surface area (Å²) in [4.78, 5) is 4.00. The highest BCUT2D eigenvalue weighted by molar-refractivity contribution is 9.10. The Kier molecular flexibility index (Phi) is 4.50. The van der Waals surface area contributed by atoms with Crippen LogP contribution in [0.1, 0.15) is 17.2 Å². The number of rotatable bonds is 4. The van der Waals surface area contributed by atoms with Gasteiger partial charge in [-0.05, 0) is 30.2 Å². The number of benzene rings is 1. The van der Waals surface area contributed by atoms with Crippen LogP contribution in [-0.4, -0.2) is 12.1 Å². The van der Waals surface area contributed by atoms with Crippen LogP contribution in [0.25, 0.3) is 0 Å². The Hall–Kier alpha value is -1.46. The normalized spacial score (nSPS) is 12.2. The zero-order chi connectivity index (χ0) is 13.8. The SMILES string of the molecule is COc1cnccc1C(N)Cc1ccc(F)cc1Br. The van der Waals surface area contributed by atoms with Crippen molar-refractivity contribution in [1.29, 1.82) is 0 Å². The van der Waals surface area contributed by atoms with E-state index >= 15 is 0 Å². The third kappa shape index (κ3) is 3.30. The molecule has 0 aliphatic heterocycles. The lowest BCUT2D eigenvalue weighted by Crippen LogP contribution is -2.15. The topological polar surface area (TPSA) is 48.1 Å². The van der Waals surface area contributed by atoms with E-state index in [4.69, 9.17) is 10.5 Å². The molecule has 5 heteroatoms. The van der Waals surface area contributed by atoms with Crippen molar-refractivity contribution in [3.8, 4) is 5.75 Å². The minimum atomic E-state index is -0.273. The molecule has 0 amide bonds. The molecule has 1 heterocycles. The maximum Gasteiger partial charge on any atom is 0.141 e. The van der Waals surface area contributed by atoms with Gasteiger partial charge < -0.3 is 10.5 Å². The standard InChI is InChI=1S/C14H14BrFN2O/c1-19-14-8-18-5-4-11(14)13(17)6-9-2-3-10(16)7-12(9)15/h2-5,7-8,13H,6,17H2,1H3. The molecule has 1 atom stereocenters. The second-order valence-electron chi connectivity index (χ2n) is 4.16. The zero-order valence-electron chi connectivity index (χ0n) is 10.4. The number of methoxy groups -OCH3 is 1. The largest absolute Gasteiger partial charge is 0.495 e. The summed E-state index contributed by atoms with van der Waals surface area (Å²) in [5.74, 6) is 0.388. The monoisotopic (exact) mass is 324 g/mol. The molecule has 2 N–H and O–H groups in total. The van der Waals surface area contributed by atoms with Crippen LogP contribution in [0.5, 0.6) is 5.75 Å². The van der Waals surface area contributed by atoms with Gasteiger partial charge in [-0.15, -0.1) is 0 Å². The van der Waals surface area contributed by atoms with Crippen molar-refractivity contribution < 1.29 is 9.13 Å². The van der Waals surface area contributed by atoms with Gasteiger partial charge in [-0.3, -0.25) is 4.98 Å². The van der Waals surface area contributed by atoms with Gasteiger partial charge in [-0.2, -0.15) is 0 Å². The lowest BCUT2D eigenvalue weighted by molar-refractivity contribution is 0.403. The number of aromatic nitrogens is 1. The Bertz CT molecular complexity index is 577. The van der Waals surface area contributed by atoms with Crippen LogP contribution < -0.4 is 10.5 Å². The van der Waals surface area contributed by atoms with E-state index in [9.17, 15) is 4.39 Å². The Balaban J connectivity index is 2.23. The van der Waals surface area contributed by atoms with E-state index in [2.05, 4.69) is 20.9 Å². The molecule has 0 saturated carbocycles. The highest BCUT2D eigenvalue weighted by Crippen LogP contribution is 2.27. The van der Waals surface area contributed by atoms with E-state index < -0.39 is 0 Å². The van der Waals surface area contributed by atoms with Crippen LogP contribution >= 0.6 is 15.9 Å². The van der Waals surface area contributed by atoms with Crippen LogP contribution in [0.15, 0.2) is 41.1 Å². The Morgan fingerprint density at radius 2 is 2.21 bits per heavy atom. The van der Waals surface area contributed by atoms with E-state index in [-0.39, 0.29) is 11.9 Å². The number of nitrogens with two attached hydrogens (primary N) is 1. The number of hydrogen-bond donors (Lipinski definition) is 1. The quantitative estimate of drug-likeness (QED) is 0.939.